The SMILES string of the molecule is COc1ccc(Cl)cc1S(=O)(=O)N1CCSC(c2ccccc2)CC1. The lowest BCUT2D eigenvalue weighted by Gasteiger charge is -2.21. The standard InChI is InChI=1S/C18H20ClNO3S2/c1-23-16-8-7-15(19)13-18(16)25(21,22)20-10-9-17(24-12-11-20)14-5-3-2-4-6-14/h2-8,13,17H,9-12H2,1H3. The zero-order valence-corrected chi connectivity index (χ0v) is 16.3. The van der Waals surface area contributed by atoms with Gasteiger partial charge >= 0.3 is 0 Å². The number of benzene rings is 2. The van der Waals surface area contributed by atoms with E-state index in [1.54, 1.807) is 23.9 Å². The van der Waals surface area contributed by atoms with Crippen molar-refractivity contribution in [2.45, 2.75) is 16.6 Å². The highest BCUT2D eigenvalue weighted by Gasteiger charge is 2.30. The number of ether oxygens (including phenoxy) is 1. The Balaban J connectivity index is 1.83. The average molecular weight is 398 g/mol. The van der Waals surface area contributed by atoms with E-state index in [0.29, 0.717) is 29.1 Å². The monoisotopic (exact) mass is 397 g/mol. The summed E-state index contributed by atoms with van der Waals surface area (Å²) in [6, 6.07) is 14.9. The quantitative estimate of drug-likeness (QED) is 0.775. The van der Waals surface area contributed by atoms with Gasteiger partial charge in [-0.15, -0.1) is 0 Å². The highest BCUT2D eigenvalue weighted by atomic mass is 35.5. The third kappa shape index (κ3) is 4.14. The van der Waals surface area contributed by atoms with Gasteiger partial charge < -0.3 is 4.74 Å². The van der Waals surface area contributed by atoms with Gasteiger partial charge in [0.2, 0.25) is 10.0 Å². The summed E-state index contributed by atoms with van der Waals surface area (Å²) in [5.41, 5.74) is 1.24. The summed E-state index contributed by atoms with van der Waals surface area (Å²) < 4.78 is 33.0. The maximum atomic E-state index is 13.1. The Kier molecular flexibility index (Phi) is 5.94. The first-order valence-corrected chi connectivity index (χ1v) is 10.9. The average Bonchev–Trinajstić information content (AvgIpc) is 2.89. The van der Waals surface area contributed by atoms with Crippen LogP contribution in [0.1, 0.15) is 17.2 Å². The van der Waals surface area contributed by atoms with Crippen molar-refractivity contribution in [1.29, 1.82) is 0 Å². The lowest BCUT2D eigenvalue weighted by molar-refractivity contribution is 0.393. The fourth-order valence-electron chi connectivity index (χ4n) is 2.92. The lowest BCUT2D eigenvalue weighted by atomic mass is 10.1. The van der Waals surface area contributed by atoms with Gasteiger partial charge in [0, 0.05) is 29.1 Å². The van der Waals surface area contributed by atoms with Crippen molar-refractivity contribution in [1.82, 2.24) is 4.31 Å². The number of sulfonamides is 1. The molecule has 0 aromatic heterocycles. The van der Waals surface area contributed by atoms with Gasteiger partial charge in [-0.05, 0) is 30.2 Å². The van der Waals surface area contributed by atoms with E-state index in [-0.39, 0.29) is 4.90 Å². The van der Waals surface area contributed by atoms with Crippen LogP contribution in [-0.4, -0.2) is 38.7 Å². The molecule has 3 rings (SSSR count). The maximum Gasteiger partial charge on any atom is 0.246 e. The molecule has 4 nitrogen and oxygen atoms in total. The van der Waals surface area contributed by atoms with Crippen molar-refractivity contribution >= 4 is 33.4 Å². The molecule has 0 saturated carbocycles. The molecular weight excluding hydrogens is 378 g/mol. The second-order valence-corrected chi connectivity index (χ2v) is 9.41. The summed E-state index contributed by atoms with van der Waals surface area (Å²) in [7, 11) is -2.18. The van der Waals surface area contributed by atoms with Crippen LogP contribution in [0.2, 0.25) is 5.02 Å². The number of hydrogen-bond acceptors (Lipinski definition) is 4. The fraction of sp³-hybridized carbons (Fsp3) is 0.333. The Labute approximate surface area is 158 Å². The van der Waals surface area contributed by atoms with Crippen molar-refractivity contribution in [3.8, 4) is 5.75 Å². The van der Waals surface area contributed by atoms with Crippen LogP contribution in [0.4, 0.5) is 0 Å². The molecule has 7 heteroatoms. The largest absolute Gasteiger partial charge is 0.495 e. The summed E-state index contributed by atoms with van der Waals surface area (Å²) in [6.07, 6.45) is 0.775. The lowest BCUT2D eigenvalue weighted by Crippen LogP contribution is -2.33. The van der Waals surface area contributed by atoms with Gasteiger partial charge in [0.25, 0.3) is 0 Å². The zero-order valence-electron chi connectivity index (χ0n) is 13.9. The van der Waals surface area contributed by atoms with Gasteiger partial charge in [-0.25, -0.2) is 8.42 Å². The van der Waals surface area contributed by atoms with Gasteiger partial charge in [-0.2, -0.15) is 16.1 Å². The molecule has 1 unspecified atom stereocenters. The first kappa shape index (κ1) is 18.6. The summed E-state index contributed by atoms with van der Waals surface area (Å²) in [4.78, 5) is 0.130. The van der Waals surface area contributed by atoms with E-state index in [0.717, 1.165) is 12.2 Å². The van der Waals surface area contributed by atoms with E-state index in [4.69, 9.17) is 16.3 Å². The van der Waals surface area contributed by atoms with E-state index in [2.05, 4.69) is 12.1 Å². The maximum absolute atomic E-state index is 13.1. The minimum Gasteiger partial charge on any atom is -0.495 e. The van der Waals surface area contributed by atoms with E-state index in [1.807, 2.05) is 18.2 Å². The van der Waals surface area contributed by atoms with E-state index < -0.39 is 10.0 Å². The van der Waals surface area contributed by atoms with Gasteiger partial charge in [0.15, 0.2) is 0 Å². The Bertz CT molecular complexity index is 827. The van der Waals surface area contributed by atoms with Crippen LogP contribution in [0.15, 0.2) is 53.4 Å². The Morgan fingerprint density at radius 1 is 1.16 bits per heavy atom. The Hall–Kier alpha value is -1.21. The van der Waals surface area contributed by atoms with E-state index in [1.165, 1.54) is 23.0 Å². The molecule has 0 N–H and O–H groups in total. The molecule has 0 radical (unpaired) electrons. The second-order valence-electron chi connectivity index (χ2n) is 5.76. The molecule has 0 spiro atoms. The fourth-order valence-corrected chi connectivity index (χ4v) is 6.14. The zero-order chi connectivity index (χ0) is 17.9. The number of halogens is 1. The highest BCUT2D eigenvalue weighted by Crippen LogP contribution is 2.36. The number of hydrogen-bond donors (Lipinski definition) is 0. The predicted molar refractivity (Wildman–Crippen MR) is 103 cm³/mol. The number of thioether (sulfide) groups is 1. The van der Waals surface area contributed by atoms with Crippen LogP contribution in [-0.2, 0) is 10.0 Å². The highest BCUT2D eigenvalue weighted by molar-refractivity contribution is 7.99. The molecule has 1 heterocycles. The Morgan fingerprint density at radius 2 is 1.92 bits per heavy atom. The third-order valence-corrected chi connectivity index (χ3v) is 7.70. The molecular formula is C18H20ClNO3S2. The number of nitrogens with zero attached hydrogens (tertiary/aromatic N) is 1. The summed E-state index contributed by atoms with van der Waals surface area (Å²) in [5.74, 6) is 1.07. The molecule has 2 aromatic carbocycles. The molecule has 0 amide bonds. The van der Waals surface area contributed by atoms with E-state index in [9.17, 15) is 8.42 Å². The number of rotatable bonds is 4. The summed E-state index contributed by atoms with van der Waals surface area (Å²) in [5, 5.41) is 0.688. The third-order valence-electron chi connectivity index (χ3n) is 4.22. The Morgan fingerprint density at radius 3 is 2.64 bits per heavy atom. The van der Waals surface area contributed by atoms with E-state index >= 15 is 0 Å². The first-order chi connectivity index (χ1) is 12.0. The van der Waals surface area contributed by atoms with Gasteiger partial charge in [-0.1, -0.05) is 41.9 Å². The molecule has 1 aliphatic heterocycles. The molecule has 0 aliphatic carbocycles. The van der Waals surface area contributed by atoms with Crippen molar-refractivity contribution in [3.05, 3.63) is 59.1 Å². The van der Waals surface area contributed by atoms with Crippen molar-refractivity contribution in [2.24, 2.45) is 0 Å². The van der Waals surface area contributed by atoms with Gasteiger partial charge in [0.05, 0.1) is 7.11 Å². The molecule has 1 saturated heterocycles. The van der Waals surface area contributed by atoms with Crippen LogP contribution in [0.5, 0.6) is 5.75 Å². The van der Waals surface area contributed by atoms with Gasteiger partial charge in [0.1, 0.15) is 10.6 Å². The first-order valence-electron chi connectivity index (χ1n) is 8.02. The molecule has 1 atom stereocenters. The second kappa shape index (κ2) is 7.99. The number of methoxy groups -OCH3 is 1. The summed E-state index contributed by atoms with van der Waals surface area (Å²) >= 11 is 7.81. The van der Waals surface area contributed by atoms with Crippen LogP contribution < -0.4 is 4.74 Å². The topological polar surface area (TPSA) is 46.6 Å². The minimum atomic E-state index is -3.65. The molecule has 1 aliphatic rings. The van der Waals surface area contributed by atoms with Crippen LogP contribution >= 0.6 is 23.4 Å². The van der Waals surface area contributed by atoms with Crippen LogP contribution in [0, 0.1) is 0 Å². The predicted octanol–water partition coefficient (Wildman–Crippen LogP) is 4.22. The van der Waals surface area contributed by atoms with Crippen molar-refractivity contribution in [3.63, 3.8) is 0 Å². The minimum absolute atomic E-state index is 0.130. The van der Waals surface area contributed by atoms with Crippen molar-refractivity contribution < 1.29 is 13.2 Å². The van der Waals surface area contributed by atoms with Gasteiger partial charge in [-0.3, -0.25) is 0 Å². The smallest absolute Gasteiger partial charge is 0.246 e. The molecule has 1 fully saturated rings. The molecule has 2 aromatic rings. The molecule has 0 bridgehead atoms. The van der Waals surface area contributed by atoms with Crippen LogP contribution in [0.3, 0.4) is 0 Å². The normalized spacial score (nSPS) is 19.4. The molecule has 134 valence electrons. The summed E-state index contributed by atoms with van der Waals surface area (Å²) in [6.45, 7) is 0.955. The van der Waals surface area contributed by atoms with Crippen molar-refractivity contribution in [2.75, 3.05) is 26.0 Å². The van der Waals surface area contributed by atoms with Crippen LogP contribution in [0.25, 0.3) is 0 Å². The molecule has 25 heavy (non-hydrogen) atoms.